The molecule has 0 N–H and O–H groups in total. The Kier molecular flexibility index (Phi) is 5.81. The van der Waals surface area contributed by atoms with E-state index in [9.17, 15) is 9.18 Å². The number of nitrogens with zero attached hydrogens (tertiary/aromatic N) is 1. The van der Waals surface area contributed by atoms with Gasteiger partial charge in [-0.2, -0.15) is 0 Å². The maximum atomic E-state index is 13.7. The molecule has 1 aliphatic rings. The second-order valence-electron chi connectivity index (χ2n) is 4.68. The zero-order chi connectivity index (χ0) is 14.5. The summed E-state index contributed by atoms with van der Waals surface area (Å²) in [5, 5.41) is 1.10. The van der Waals surface area contributed by atoms with Gasteiger partial charge in [0.25, 0.3) is 5.91 Å². The smallest absolute Gasteiger partial charge is 0.256 e. The molecule has 1 amide bonds. The monoisotopic (exact) mass is 363 g/mol. The van der Waals surface area contributed by atoms with Gasteiger partial charge in [-0.25, -0.2) is 4.39 Å². The fourth-order valence-corrected chi connectivity index (χ4v) is 2.62. The molecular weight excluding hydrogens is 349 g/mol. The molecule has 0 unspecified atom stereocenters. The standard InChI is InChI=1S/C14H16BrClFNO2/c15-5-8-20-11-3-6-18(7-4-11)14(19)12-2-1-10(16)9-13(12)17/h1-2,9,11H,3-8H2. The average Bonchev–Trinajstić information content (AvgIpc) is 2.45. The zero-order valence-corrected chi connectivity index (χ0v) is 13.3. The Hall–Kier alpha value is -0.650. The maximum Gasteiger partial charge on any atom is 0.256 e. The normalized spacial score (nSPS) is 16.4. The number of alkyl halides is 1. The van der Waals surface area contributed by atoms with Gasteiger partial charge in [-0.05, 0) is 31.0 Å². The van der Waals surface area contributed by atoms with E-state index in [-0.39, 0.29) is 17.6 Å². The molecule has 2 rings (SSSR count). The van der Waals surface area contributed by atoms with Crippen LogP contribution in [0.15, 0.2) is 18.2 Å². The van der Waals surface area contributed by atoms with E-state index in [1.807, 2.05) is 0 Å². The van der Waals surface area contributed by atoms with Crippen molar-refractivity contribution in [2.45, 2.75) is 18.9 Å². The summed E-state index contributed by atoms with van der Waals surface area (Å²) in [6, 6.07) is 4.14. The molecule has 1 saturated heterocycles. The van der Waals surface area contributed by atoms with Crippen molar-refractivity contribution in [3.05, 3.63) is 34.6 Å². The van der Waals surface area contributed by atoms with E-state index in [4.69, 9.17) is 16.3 Å². The fraction of sp³-hybridized carbons (Fsp3) is 0.500. The van der Waals surface area contributed by atoms with Gasteiger partial charge in [0.15, 0.2) is 0 Å². The Labute approximate surface area is 131 Å². The van der Waals surface area contributed by atoms with Gasteiger partial charge in [0.2, 0.25) is 0 Å². The average molecular weight is 365 g/mol. The molecule has 1 aliphatic heterocycles. The van der Waals surface area contributed by atoms with E-state index in [2.05, 4.69) is 15.9 Å². The Bertz CT molecular complexity index is 478. The topological polar surface area (TPSA) is 29.5 Å². The third kappa shape index (κ3) is 3.93. The summed E-state index contributed by atoms with van der Waals surface area (Å²) in [6.45, 7) is 1.85. The van der Waals surface area contributed by atoms with Gasteiger partial charge in [-0.1, -0.05) is 27.5 Å². The number of piperidine rings is 1. The van der Waals surface area contributed by atoms with E-state index in [1.165, 1.54) is 18.2 Å². The minimum absolute atomic E-state index is 0.0780. The summed E-state index contributed by atoms with van der Waals surface area (Å²) in [5.74, 6) is -0.849. The van der Waals surface area contributed by atoms with Crippen LogP contribution in [0.1, 0.15) is 23.2 Å². The van der Waals surface area contributed by atoms with Crippen LogP contribution in [0, 0.1) is 5.82 Å². The number of hydrogen-bond acceptors (Lipinski definition) is 2. The predicted molar refractivity (Wildman–Crippen MR) is 80.1 cm³/mol. The molecule has 0 radical (unpaired) electrons. The van der Waals surface area contributed by atoms with Crippen LogP contribution in [0.4, 0.5) is 4.39 Å². The quantitative estimate of drug-likeness (QED) is 0.765. The SMILES string of the molecule is O=C(c1ccc(Cl)cc1F)N1CCC(OCCBr)CC1. The fourth-order valence-electron chi connectivity index (χ4n) is 2.27. The Morgan fingerprint density at radius 3 is 2.75 bits per heavy atom. The number of likely N-dealkylation sites (tertiary alicyclic amines) is 1. The van der Waals surface area contributed by atoms with Crippen molar-refractivity contribution >= 4 is 33.4 Å². The Balaban J connectivity index is 1.94. The van der Waals surface area contributed by atoms with Gasteiger partial charge in [0, 0.05) is 23.4 Å². The molecule has 0 atom stereocenters. The summed E-state index contributed by atoms with van der Waals surface area (Å²) >= 11 is 9.00. The summed E-state index contributed by atoms with van der Waals surface area (Å²) in [7, 11) is 0. The molecule has 0 spiro atoms. The molecule has 3 nitrogen and oxygen atoms in total. The lowest BCUT2D eigenvalue weighted by atomic mass is 10.1. The first kappa shape index (κ1) is 15.7. The second-order valence-corrected chi connectivity index (χ2v) is 5.90. The first-order valence-corrected chi connectivity index (χ1v) is 8.03. The second kappa shape index (κ2) is 7.38. The van der Waals surface area contributed by atoms with Gasteiger partial charge in [-0.3, -0.25) is 4.79 Å². The molecule has 0 saturated carbocycles. The summed E-state index contributed by atoms with van der Waals surface area (Å²) in [4.78, 5) is 13.9. The minimum Gasteiger partial charge on any atom is -0.377 e. The van der Waals surface area contributed by atoms with Crippen molar-refractivity contribution in [2.24, 2.45) is 0 Å². The van der Waals surface area contributed by atoms with E-state index in [1.54, 1.807) is 4.90 Å². The van der Waals surface area contributed by atoms with E-state index in [0.29, 0.717) is 24.7 Å². The van der Waals surface area contributed by atoms with Crippen molar-refractivity contribution < 1.29 is 13.9 Å². The molecular formula is C14H16BrClFNO2. The van der Waals surface area contributed by atoms with Crippen molar-refractivity contribution in [1.82, 2.24) is 4.90 Å². The van der Waals surface area contributed by atoms with Gasteiger partial charge < -0.3 is 9.64 Å². The number of amides is 1. The van der Waals surface area contributed by atoms with Crippen molar-refractivity contribution in [1.29, 1.82) is 0 Å². The number of hydrogen-bond donors (Lipinski definition) is 0. The molecule has 0 aliphatic carbocycles. The molecule has 110 valence electrons. The van der Waals surface area contributed by atoms with Gasteiger partial charge in [0.1, 0.15) is 5.82 Å². The molecule has 6 heteroatoms. The van der Waals surface area contributed by atoms with Crippen LogP contribution in [-0.2, 0) is 4.74 Å². The number of benzene rings is 1. The van der Waals surface area contributed by atoms with Crippen LogP contribution in [0.5, 0.6) is 0 Å². The summed E-state index contributed by atoms with van der Waals surface area (Å²) < 4.78 is 19.4. The van der Waals surface area contributed by atoms with E-state index < -0.39 is 5.82 Å². The van der Waals surface area contributed by atoms with Crippen LogP contribution < -0.4 is 0 Å². The van der Waals surface area contributed by atoms with E-state index in [0.717, 1.165) is 18.2 Å². The first-order valence-electron chi connectivity index (χ1n) is 6.53. The van der Waals surface area contributed by atoms with Gasteiger partial charge in [-0.15, -0.1) is 0 Å². The van der Waals surface area contributed by atoms with Gasteiger partial charge in [0.05, 0.1) is 18.3 Å². The lowest BCUT2D eigenvalue weighted by Crippen LogP contribution is -2.41. The molecule has 1 aromatic carbocycles. The Morgan fingerprint density at radius 2 is 2.15 bits per heavy atom. The lowest BCUT2D eigenvalue weighted by molar-refractivity contribution is 0.0158. The van der Waals surface area contributed by atoms with Crippen molar-refractivity contribution in [3.63, 3.8) is 0 Å². The van der Waals surface area contributed by atoms with Gasteiger partial charge >= 0.3 is 0 Å². The largest absolute Gasteiger partial charge is 0.377 e. The lowest BCUT2D eigenvalue weighted by Gasteiger charge is -2.32. The summed E-state index contributed by atoms with van der Waals surface area (Å²) in [6.07, 6.45) is 1.76. The first-order chi connectivity index (χ1) is 9.61. The number of rotatable bonds is 4. The molecule has 0 aromatic heterocycles. The van der Waals surface area contributed by atoms with Crippen molar-refractivity contribution in [3.8, 4) is 0 Å². The van der Waals surface area contributed by atoms with Crippen LogP contribution >= 0.6 is 27.5 Å². The third-order valence-corrected chi connectivity index (χ3v) is 3.88. The highest BCUT2D eigenvalue weighted by Crippen LogP contribution is 2.20. The predicted octanol–water partition coefficient (Wildman–Crippen LogP) is 3.50. The molecule has 1 fully saturated rings. The van der Waals surface area contributed by atoms with Crippen LogP contribution in [-0.4, -0.2) is 41.9 Å². The Morgan fingerprint density at radius 1 is 1.45 bits per heavy atom. The zero-order valence-electron chi connectivity index (χ0n) is 10.9. The minimum atomic E-state index is -0.569. The van der Waals surface area contributed by atoms with Crippen LogP contribution in [0.2, 0.25) is 5.02 Å². The molecule has 0 bridgehead atoms. The van der Waals surface area contributed by atoms with E-state index >= 15 is 0 Å². The highest BCUT2D eigenvalue weighted by molar-refractivity contribution is 9.09. The molecule has 1 heterocycles. The van der Waals surface area contributed by atoms with Crippen molar-refractivity contribution in [2.75, 3.05) is 25.0 Å². The highest BCUT2D eigenvalue weighted by atomic mass is 79.9. The molecule has 20 heavy (non-hydrogen) atoms. The highest BCUT2D eigenvalue weighted by Gasteiger charge is 2.25. The maximum absolute atomic E-state index is 13.7. The summed E-state index contributed by atoms with van der Waals surface area (Å²) in [5.41, 5.74) is 0.0780. The van der Waals surface area contributed by atoms with Crippen LogP contribution in [0.25, 0.3) is 0 Å². The number of ether oxygens (including phenoxy) is 1. The number of carbonyl (C=O) groups excluding carboxylic acids is 1. The number of halogens is 3. The number of carbonyl (C=O) groups is 1. The molecule has 1 aromatic rings. The third-order valence-electron chi connectivity index (χ3n) is 3.32. The van der Waals surface area contributed by atoms with Crippen LogP contribution in [0.3, 0.4) is 0 Å².